The van der Waals surface area contributed by atoms with Gasteiger partial charge >= 0.3 is 5.97 Å². The number of benzene rings is 2. The second-order valence-electron chi connectivity index (χ2n) is 4.36. The van der Waals surface area contributed by atoms with Crippen LogP contribution < -0.4 is 4.74 Å². The summed E-state index contributed by atoms with van der Waals surface area (Å²) in [7, 11) is 1.52. The predicted octanol–water partition coefficient (Wildman–Crippen LogP) is 3.18. The minimum atomic E-state index is -0.965. The molecule has 0 fully saturated rings. The quantitative estimate of drug-likeness (QED) is 0.867. The molecule has 0 spiro atoms. The monoisotopic (exact) mass is 270 g/mol. The number of ether oxygens (including phenoxy) is 1. The van der Waals surface area contributed by atoms with Gasteiger partial charge in [-0.3, -0.25) is 4.79 Å². The molecule has 0 aliphatic carbocycles. The molecule has 0 aliphatic heterocycles. The molecule has 0 amide bonds. The number of aromatic carboxylic acids is 1. The number of carboxylic acid groups (broad SMARTS) is 1. The van der Waals surface area contributed by atoms with Crippen molar-refractivity contribution in [1.82, 2.24) is 0 Å². The SMILES string of the molecule is COc1cc(C=O)ccc1-c1cccc(C(=O)O)c1C. The van der Waals surface area contributed by atoms with Crippen LogP contribution in [-0.4, -0.2) is 24.5 Å². The molecule has 0 unspecified atom stereocenters. The van der Waals surface area contributed by atoms with Crippen molar-refractivity contribution in [2.75, 3.05) is 7.11 Å². The van der Waals surface area contributed by atoms with Crippen molar-refractivity contribution in [3.05, 3.63) is 53.1 Å². The maximum absolute atomic E-state index is 11.2. The zero-order valence-corrected chi connectivity index (χ0v) is 11.2. The van der Waals surface area contributed by atoms with Crippen LogP contribution in [0.15, 0.2) is 36.4 Å². The Bertz CT molecular complexity index is 674. The molecule has 4 heteroatoms. The Morgan fingerprint density at radius 1 is 1.20 bits per heavy atom. The smallest absolute Gasteiger partial charge is 0.335 e. The fourth-order valence-corrected chi connectivity index (χ4v) is 2.16. The molecule has 2 rings (SSSR count). The molecule has 0 saturated heterocycles. The summed E-state index contributed by atoms with van der Waals surface area (Å²) in [4.78, 5) is 22.0. The normalized spacial score (nSPS) is 10.1. The standard InChI is InChI=1S/C16H14O4/c1-10-12(4-3-5-13(10)16(18)19)14-7-6-11(9-17)8-15(14)20-2/h3-9H,1-2H3,(H,18,19). The summed E-state index contributed by atoms with van der Waals surface area (Å²) in [5.41, 5.74) is 2.97. The predicted molar refractivity (Wildman–Crippen MR) is 75.5 cm³/mol. The lowest BCUT2D eigenvalue weighted by molar-refractivity contribution is 0.0696. The fraction of sp³-hybridized carbons (Fsp3) is 0.125. The van der Waals surface area contributed by atoms with Crippen molar-refractivity contribution in [3.63, 3.8) is 0 Å². The zero-order valence-electron chi connectivity index (χ0n) is 11.2. The average Bonchev–Trinajstić information content (AvgIpc) is 2.46. The van der Waals surface area contributed by atoms with E-state index in [1.165, 1.54) is 7.11 Å². The van der Waals surface area contributed by atoms with E-state index in [0.717, 1.165) is 17.4 Å². The number of hydrogen-bond acceptors (Lipinski definition) is 3. The van der Waals surface area contributed by atoms with Crippen LogP contribution in [0.1, 0.15) is 26.3 Å². The summed E-state index contributed by atoms with van der Waals surface area (Å²) in [5.74, 6) is -0.423. The number of methoxy groups -OCH3 is 1. The van der Waals surface area contributed by atoms with Crippen LogP contribution in [0.3, 0.4) is 0 Å². The van der Waals surface area contributed by atoms with E-state index in [9.17, 15) is 9.59 Å². The maximum Gasteiger partial charge on any atom is 0.335 e. The van der Waals surface area contributed by atoms with Crippen molar-refractivity contribution in [2.24, 2.45) is 0 Å². The van der Waals surface area contributed by atoms with Gasteiger partial charge in [0.25, 0.3) is 0 Å². The fourth-order valence-electron chi connectivity index (χ4n) is 2.16. The minimum Gasteiger partial charge on any atom is -0.496 e. The van der Waals surface area contributed by atoms with E-state index >= 15 is 0 Å². The van der Waals surface area contributed by atoms with Crippen LogP contribution in [0, 0.1) is 6.92 Å². The van der Waals surface area contributed by atoms with Crippen LogP contribution in [0.5, 0.6) is 5.75 Å². The molecule has 2 aromatic carbocycles. The first kappa shape index (κ1) is 13.8. The van der Waals surface area contributed by atoms with Gasteiger partial charge in [0.1, 0.15) is 12.0 Å². The summed E-state index contributed by atoms with van der Waals surface area (Å²) in [5, 5.41) is 9.17. The van der Waals surface area contributed by atoms with E-state index in [2.05, 4.69) is 0 Å². The lowest BCUT2D eigenvalue weighted by atomic mass is 9.95. The first-order valence-corrected chi connectivity index (χ1v) is 6.05. The van der Waals surface area contributed by atoms with E-state index in [0.29, 0.717) is 16.9 Å². The molecule has 102 valence electrons. The molecule has 0 aliphatic rings. The highest BCUT2D eigenvalue weighted by Crippen LogP contribution is 2.33. The van der Waals surface area contributed by atoms with Gasteiger partial charge < -0.3 is 9.84 Å². The third-order valence-electron chi connectivity index (χ3n) is 3.22. The number of rotatable bonds is 4. The lowest BCUT2D eigenvalue weighted by Crippen LogP contribution is -2.01. The van der Waals surface area contributed by atoms with E-state index < -0.39 is 5.97 Å². The van der Waals surface area contributed by atoms with Crippen LogP contribution >= 0.6 is 0 Å². The maximum atomic E-state index is 11.2. The highest BCUT2D eigenvalue weighted by atomic mass is 16.5. The Kier molecular flexibility index (Phi) is 3.84. The number of hydrogen-bond donors (Lipinski definition) is 1. The molecule has 0 saturated carbocycles. The number of aldehydes is 1. The van der Waals surface area contributed by atoms with Crippen molar-refractivity contribution in [1.29, 1.82) is 0 Å². The highest BCUT2D eigenvalue weighted by molar-refractivity contribution is 5.92. The van der Waals surface area contributed by atoms with Gasteiger partial charge in [0.15, 0.2) is 0 Å². The lowest BCUT2D eigenvalue weighted by Gasteiger charge is -2.13. The van der Waals surface area contributed by atoms with Gasteiger partial charge in [-0.15, -0.1) is 0 Å². The van der Waals surface area contributed by atoms with Gasteiger partial charge in [-0.05, 0) is 36.2 Å². The molecule has 1 N–H and O–H groups in total. The van der Waals surface area contributed by atoms with Crippen LogP contribution in [0.25, 0.3) is 11.1 Å². The Morgan fingerprint density at radius 2 is 1.95 bits per heavy atom. The topological polar surface area (TPSA) is 63.6 Å². The first-order chi connectivity index (χ1) is 9.58. The molecule has 0 heterocycles. The number of carboxylic acids is 1. The van der Waals surface area contributed by atoms with Crippen molar-refractivity contribution >= 4 is 12.3 Å². The van der Waals surface area contributed by atoms with E-state index in [1.54, 1.807) is 37.3 Å². The largest absolute Gasteiger partial charge is 0.496 e. The van der Waals surface area contributed by atoms with Gasteiger partial charge in [0, 0.05) is 11.1 Å². The molecule has 20 heavy (non-hydrogen) atoms. The summed E-state index contributed by atoms with van der Waals surface area (Å²) < 4.78 is 5.29. The van der Waals surface area contributed by atoms with Crippen LogP contribution in [-0.2, 0) is 0 Å². The van der Waals surface area contributed by atoms with Crippen LogP contribution in [0.2, 0.25) is 0 Å². The van der Waals surface area contributed by atoms with E-state index in [1.807, 2.05) is 6.07 Å². The molecule has 0 bridgehead atoms. The Labute approximate surface area is 116 Å². The third-order valence-corrected chi connectivity index (χ3v) is 3.22. The first-order valence-electron chi connectivity index (χ1n) is 6.05. The Morgan fingerprint density at radius 3 is 2.55 bits per heavy atom. The molecule has 0 aromatic heterocycles. The van der Waals surface area contributed by atoms with Crippen molar-refractivity contribution in [3.8, 4) is 16.9 Å². The van der Waals surface area contributed by atoms with Gasteiger partial charge in [0.2, 0.25) is 0 Å². The van der Waals surface area contributed by atoms with Crippen molar-refractivity contribution < 1.29 is 19.4 Å². The summed E-state index contributed by atoms with van der Waals surface area (Å²) >= 11 is 0. The van der Waals surface area contributed by atoms with Gasteiger partial charge in [0.05, 0.1) is 12.7 Å². The average molecular weight is 270 g/mol. The number of carbonyl (C=O) groups excluding carboxylic acids is 1. The van der Waals surface area contributed by atoms with E-state index in [4.69, 9.17) is 9.84 Å². The molecule has 2 aromatic rings. The van der Waals surface area contributed by atoms with E-state index in [-0.39, 0.29) is 5.56 Å². The summed E-state index contributed by atoms with van der Waals surface area (Å²) in [6, 6.07) is 10.2. The minimum absolute atomic E-state index is 0.254. The summed E-state index contributed by atoms with van der Waals surface area (Å²) in [6.45, 7) is 1.76. The molecular formula is C16H14O4. The second kappa shape index (κ2) is 5.57. The third kappa shape index (κ3) is 2.40. The van der Waals surface area contributed by atoms with Gasteiger partial charge in [-0.1, -0.05) is 18.2 Å². The van der Waals surface area contributed by atoms with Gasteiger partial charge in [-0.2, -0.15) is 0 Å². The molecule has 4 nitrogen and oxygen atoms in total. The Hall–Kier alpha value is -2.62. The van der Waals surface area contributed by atoms with Crippen molar-refractivity contribution in [2.45, 2.75) is 6.92 Å². The molecule has 0 atom stereocenters. The zero-order chi connectivity index (χ0) is 14.7. The second-order valence-corrected chi connectivity index (χ2v) is 4.36. The summed E-state index contributed by atoms with van der Waals surface area (Å²) in [6.07, 6.45) is 0.743. The molecule has 0 radical (unpaired) electrons. The van der Waals surface area contributed by atoms with Crippen LogP contribution in [0.4, 0.5) is 0 Å². The highest BCUT2D eigenvalue weighted by Gasteiger charge is 2.14. The van der Waals surface area contributed by atoms with Gasteiger partial charge in [-0.25, -0.2) is 4.79 Å². The molecular weight excluding hydrogens is 256 g/mol. The Balaban J connectivity index is 2.65. The number of carbonyl (C=O) groups is 2.